The fourth-order valence-electron chi connectivity index (χ4n) is 2.94. The van der Waals surface area contributed by atoms with E-state index in [2.05, 4.69) is 4.98 Å². The van der Waals surface area contributed by atoms with E-state index < -0.39 is 5.60 Å². The highest BCUT2D eigenvalue weighted by Gasteiger charge is 2.24. The predicted octanol–water partition coefficient (Wildman–Crippen LogP) is 5.17. The van der Waals surface area contributed by atoms with Crippen molar-refractivity contribution in [1.29, 1.82) is 0 Å². The van der Waals surface area contributed by atoms with E-state index in [0.29, 0.717) is 0 Å². The van der Waals surface area contributed by atoms with Gasteiger partial charge in [0.15, 0.2) is 0 Å². The summed E-state index contributed by atoms with van der Waals surface area (Å²) in [5.41, 5.74) is 2.26. The molecule has 0 aliphatic rings. The highest BCUT2D eigenvalue weighted by Crippen LogP contribution is 2.31. The van der Waals surface area contributed by atoms with Crippen LogP contribution in [-0.2, 0) is 9.53 Å². The number of H-pyrrole nitrogens is 1. The van der Waals surface area contributed by atoms with Crippen LogP contribution in [0.2, 0.25) is 0 Å². The summed E-state index contributed by atoms with van der Waals surface area (Å²) in [7, 11) is 0. The van der Waals surface area contributed by atoms with Crippen LogP contribution in [-0.4, -0.2) is 16.6 Å². The molecule has 0 saturated carbocycles. The summed E-state index contributed by atoms with van der Waals surface area (Å²) in [6, 6.07) is 16.3. The first kappa shape index (κ1) is 17.2. The number of ether oxygens (including phenoxy) is 1. The van der Waals surface area contributed by atoms with Gasteiger partial charge in [0.25, 0.3) is 0 Å². The number of halogens is 1. The van der Waals surface area contributed by atoms with E-state index >= 15 is 0 Å². The second kappa shape index (κ2) is 6.71. The summed E-state index contributed by atoms with van der Waals surface area (Å²) in [6.45, 7) is 5.54. The van der Waals surface area contributed by atoms with Crippen molar-refractivity contribution in [3.05, 3.63) is 71.7 Å². The van der Waals surface area contributed by atoms with Crippen molar-refractivity contribution in [2.75, 3.05) is 0 Å². The van der Waals surface area contributed by atoms with Crippen molar-refractivity contribution >= 4 is 16.9 Å². The number of carbonyl (C=O) groups is 1. The Morgan fingerprint density at radius 2 is 1.80 bits per heavy atom. The summed E-state index contributed by atoms with van der Waals surface area (Å²) >= 11 is 0. The number of aromatic nitrogens is 1. The van der Waals surface area contributed by atoms with Crippen LogP contribution < -0.4 is 0 Å². The van der Waals surface area contributed by atoms with Gasteiger partial charge in [0.1, 0.15) is 11.4 Å². The number of nitrogens with one attached hydrogen (secondary N) is 1. The first-order chi connectivity index (χ1) is 11.8. The second-order valence-corrected chi connectivity index (χ2v) is 7.21. The van der Waals surface area contributed by atoms with Crippen LogP contribution in [0, 0.1) is 5.82 Å². The summed E-state index contributed by atoms with van der Waals surface area (Å²) in [5.74, 6) is -0.792. The Balaban J connectivity index is 1.96. The number of rotatable bonds is 4. The quantitative estimate of drug-likeness (QED) is 0.666. The number of aromatic amines is 1. The van der Waals surface area contributed by atoms with Gasteiger partial charge in [0.05, 0.1) is 6.42 Å². The van der Waals surface area contributed by atoms with E-state index in [1.54, 1.807) is 12.1 Å². The molecule has 1 aromatic heterocycles. The third-order valence-electron chi connectivity index (χ3n) is 3.99. The number of para-hydroxylation sites is 1. The zero-order chi connectivity index (χ0) is 18.0. The summed E-state index contributed by atoms with van der Waals surface area (Å²) in [5, 5.41) is 1.08. The maximum Gasteiger partial charge on any atom is 0.307 e. The third kappa shape index (κ3) is 4.27. The first-order valence-electron chi connectivity index (χ1n) is 8.37. The van der Waals surface area contributed by atoms with Crippen LogP contribution in [0.5, 0.6) is 0 Å². The van der Waals surface area contributed by atoms with Crippen molar-refractivity contribution in [2.24, 2.45) is 0 Å². The van der Waals surface area contributed by atoms with Crippen LogP contribution in [0.3, 0.4) is 0 Å². The fourth-order valence-corrected chi connectivity index (χ4v) is 2.94. The Hall–Kier alpha value is -2.62. The minimum atomic E-state index is -0.537. The van der Waals surface area contributed by atoms with Crippen LogP contribution in [0.1, 0.15) is 44.4 Å². The summed E-state index contributed by atoms with van der Waals surface area (Å²) < 4.78 is 18.8. The Bertz CT molecular complexity index is 842. The third-order valence-corrected chi connectivity index (χ3v) is 3.99. The van der Waals surface area contributed by atoms with Gasteiger partial charge in [0, 0.05) is 17.1 Å². The SMILES string of the molecule is CC(C)(C)OC(=O)CC(c1ccc(F)cc1)c1cc2ccccc2[nH]1. The topological polar surface area (TPSA) is 42.1 Å². The van der Waals surface area contributed by atoms with Crippen LogP contribution >= 0.6 is 0 Å². The Morgan fingerprint density at radius 1 is 1.12 bits per heavy atom. The highest BCUT2D eigenvalue weighted by molar-refractivity contribution is 5.81. The largest absolute Gasteiger partial charge is 0.460 e. The smallest absolute Gasteiger partial charge is 0.307 e. The van der Waals surface area contributed by atoms with Gasteiger partial charge >= 0.3 is 5.97 Å². The predicted molar refractivity (Wildman–Crippen MR) is 97.0 cm³/mol. The van der Waals surface area contributed by atoms with Gasteiger partial charge in [-0.25, -0.2) is 4.39 Å². The van der Waals surface area contributed by atoms with Crippen LogP contribution in [0.4, 0.5) is 4.39 Å². The standard InChI is InChI=1S/C21H22FNO2/c1-21(2,3)25-20(24)13-17(14-8-10-16(22)11-9-14)19-12-15-6-4-5-7-18(15)23-19/h4-12,17,23H,13H2,1-3H3. The number of hydrogen-bond acceptors (Lipinski definition) is 2. The molecule has 3 aromatic rings. The minimum Gasteiger partial charge on any atom is -0.460 e. The lowest BCUT2D eigenvalue weighted by atomic mass is 9.92. The number of fused-ring (bicyclic) bond motifs is 1. The number of benzene rings is 2. The molecule has 1 N–H and O–H groups in total. The molecule has 1 heterocycles. The van der Waals surface area contributed by atoms with E-state index in [4.69, 9.17) is 4.74 Å². The maximum absolute atomic E-state index is 13.3. The average Bonchev–Trinajstić information content (AvgIpc) is 2.95. The summed E-state index contributed by atoms with van der Waals surface area (Å²) in [6.07, 6.45) is 0.190. The molecule has 0 spiro atoms. The Morgan fingerprint density at radius 3 is 2.44 bits per heavy atom. The molecule has 0 amide bonds. The lowest BCUT2D eigenvalue weighted by molar-refractivity contribution is -0.155. The molecule has 2 aromatic carbocycles. The Kier molecular flexibility index (Phi) is 4.62. The molecule has 25 heavy (non-hydrogen) atoms. The van der Waals surface area contributed by atoms with Gasteiger partial charge in [-0.3, -0.25) is 4.79 Å². The molecule has 0 radical (unpaired) electrons. The van der Waals surface area contributed by atoms with Gasteiger partial charge in [-0.2, -0.15) is 0 Å². The molecule has 1 atom stereocenters. The van der Waals surface area contributed by atoms with E-state index in [1.807, 2.05) is 51.1 Å². The monoisotopic (exact) mass is 339 g/mol. The number of esters is 1. The average molecular weight is 339 g/mol. The normalized spacial score (nSPS) is 13.0. The molecule has 1 unspecified atom stereocenters. The van der Waals surface area contributed by atoms with E-state index in [1.165, 1.54) is 12.1 Å². The van der Waals surface area contributed by atoms with Gasteiger partial charge in [0.2, 0.25) is 0 Å². The molecule has 0 aliphatic carbocycles. The zero-order valence-electron chi connectivity index (χ0n) is 14.7. The second-order valence-electron chi connectivity index (χ2n) is 7.21. The minimum absolute atomic E-state index is 0.190. The lowest BCUT2D eigenvalue weighted by Gasteiger charge is -2.22. The van der Waals surface area contributed by atoms with Crippen molar-refractivity contribution < 1.29 is 13.9 Å². The molecule has 0 bridgehead atoms. The fraction of sp³-hybridized carbons (Fsp3) is 0.286. The molecule has 0 saturated heterocycles. The van der Waals surface area contributed by atoms with E-state index in [9.17, 15) is 9.18 Å². The van der Waals surface area contributed by atoms with Crippen molar-refractivity contribution in [3.63, 3.8) is 0 Å². The van der Waals surface area contributed by atoms with Crippen molar-refractivity contribution in [3.8, 4) is 0 Å². The van der Waals surface area contributed by atoms with Gasteiger partial charge in [-0.1, -0.05) is 30.3 Å². The molecule has 4 heteroatoms. The van der Waals surface area contributed by atoms with Crippen molar-refractivity contribution in [1.82, 2.24) is 4.98 Å². The molecule has 3 nitrogen and oxygen atoms in total. The lowest BCUT2D eigenvalue weighted by Crippen LogP contribution is -2.25. The van der Waals surface area contributed by atoms with Gasteiger partial charge in [-0.15, -0.1) is 0 Å². The van der Waals surface area contributed by atoms with Crippen molar-refractivity contribution in [2.45, 2.75) is 38.7 Å². The molecular weight excluding hydrogens is 317 g/mol. The maximum atomic E-state index is 13.3. The number of carbonyl (C=O) groups excluding carboxylic acids is 1. The molecule has 0 aliphatic heterocycles. The number of hydrogen-bond donors (Lipinski definition) is 1. The Labute approximate surface area is 146 Å². The first-order valence-corrected chi connectivity index (χ1v) is 8.37. The molecule has 0 fully saturated rings. The molecule has 130 valence electrons. The highest BCUT2D eigenvalue weighted by atomic mass is 19.1. The molecule has 3 rings (SSSR count). The molecular formula is C21H22FNO2. The van der Waals surface area contributed by atoms with Crippen LogP contribution in [0.25, 0.3) is 10.9 Å². The van der Waals surface area contributed by atoms with E-state index in [0.717, 1.165) is 22.2 Å². The van der Waals surface area contributed by atoms with E-state index in [-0.39, 0.29) is 24.1 Å². The zero-order valence-corrected chi connectivity index (χ0v) is 14.7. The van der Waals surface area contributed by atoms with Crippen LogP contribution in [0.15, 0.2) is 54.6 Å². The summed E-state index contributed by atoms with van der Waals surface area (Å²) in [4.78, 5) is 15.8. The van der Waals surface area contributed by atoms with Gasteiger partial charge < -0.3 is 9.72 Å². The van der Waals surface area contributed by atoms with Gasteiger partial charge in [-0.05, 0) is 56.0 Å².